The van der Waals surface area contributed by atoms with Crippen molar-refractivity contribution >= 4 is 11.9 Å². The highest BCUT2D eigenvalue weighted by atomic mass is 16.1. The largest absolute Gasteiger partial charge is 0.355 e. The molecule has 14 heavy (non-hydrogen) atoms. The molecule has 0 aliphatic carbocycles. The summed E-state index contributed by atoms with van der Waals surface area (Å²) in [7, 11) is 1.70. The molecule has 7 nitrogen and oxygen atoms in total. The molecule has 0 saturated carbocycles. The number of tetrazole rings is 1. The Kier molecular flexibility index (Phi) is 3.84. The van der Waals surface area contributed by atoms with Crippen molar-refractivity contribution in [2.75, 3.05) is 18.4 Å². The average molecular weight is 198 g/mol. The Balaban J connectivity index is 2.27. The lowest BCUT2D eigenvalue weighted by molar-refractivity contribution is -0.119. The zero-order valence-corrected chi connectivity index (χ0v) is 8.32. The lowest BCUT2D eigenvalue weighted by Gasteiger charge is -2.04. The molecule has 0 spiro atoms. The van der Waals surface area contributed by atoms with E-state index in [0.717, 1.165) is 6.42 Å². The first-order valence-corrected chi connectivity index (χ1v) is 4.47. The van der Waals surface area contributed by atoms with Crippen molar-refractivity contribution in [2.24, 2.45) is 7.05 Å². The molecule has 78 valence electrons. The summed E-state index contributed by atoms with van der Waals surface area (Å²) < 4.78 is 1.47. The molecule has 1 rings (SSSR count). The number of aryl methyl sites for hydroxylation is 1. The van der Waals surface area contributed by atoms with E-state index in [9.17, 15) is 4.79 Å². The van der Waals surface area contributed by atoms with Crippen molar-refractivity contribution in [1.29, 1.82) is 0 Å². The molecule has 0 radical (unpaired) electrons. The molecule has 0 aliphatic heterocycles. The van der Waals surface area contributed by atoms with Crippen LogP contribution in [0.1, 0.15) is 13.3 Å². The fraction of sp³-hybridized carbons (Fsp3) is 0.714. The Morgan fingerprint density at radius 2 is 2.36 bits per heavy atom. The van der Waals surface area contributed by atoms with E-state index in [-0.39, 0.29) is 12.5 Å². The lowest BCUT2D eigenvalue weighted by atomic mass is 10.4. The monoisotopic (exact) mass is 198 g/mol. The molecule has 0 saturated heterocycles. The Hall–Kier alpha value is -1.66. The van der Waals surface area contributed by atoms with Crippen molar-refractivity contribution in [3.63, 3.8) is 0 Å². The lowest BCUT2D eigenvalue weighted by Crippen LogP contribution is -2.30. The topological polar surface area (TPSA) is 84.7 Å². The number of aromatic nitrogens is 4. The maximum atomic E-state index is 11.2. The SMILES string of the molecule is CCCNC(=O)CNc1nnnn1C. The Labute approximate surface area is 81.9 Å². The first kappa shape index (κ1) is 10.4. The molecule has 1 aromatic heterocycles. The van der Waals surface area contributed by atoms with Crippen molar-refractivity contribution < 1.29 is 4.79 Å². The molecule has 0 bridgehead atoms. The molecule has 1 heterocycles. The molecular formula is C7H14N6O. The van der Waals surface area contributed by atoms with Crippen LogP contribution in [0.3, 0.4) is 0 Å². The van der Waals surface area contributed by atoms with Gasteiger partial charge in [-0.05, 0) is 16.8 Å². The third-order valence-corrected chi connectivity index (χ3v) is 1.60. The van der Waals surface area contributed by atoms with Gasteiger partial charge < -0.3 is 10.6 Å². The number of hydrogen-bond acceptors (Lipinski definition) is 5. The number of rotatable bonds is 5. The molecule has 0 aromatic carbocycles. The zero-order chi connectivity index (χ0) is 10.4. The number of carbonyl (C=O) groups is 1. The van der Waals surface area contributed by atoms with Crippen LogP contribution >= 0.6 is 0 Å². The Bertz CT molecular complexity index is 296. The Morgan fingerprint density at radius 1 is 1.57 bits per heavy atom. The number of amides is 1. The summed E-state index contributed by atoms with van der Waals surface area (Å²) >= 11 is 0. The van der Waals surface area contributed by atoms with E-state index in [1.54, 1.807) is 7.05 Å². The highest BCUT2D eigenvalue weighted by molar-refractivity contribution is 5.80. The van der Waals surface area contributed by atoms with Gasteiger partial charge >= 0.3 is 0 Å². The van der Waals surface area contributed by atoms with Gasteiger partial charge in [0.2, 0.25) is 11.9 Å². The van der Waals surface area contributed by atoms with E-state index in [0.29, 0.717) is 12.5 Å². The molecule has 2 N–H and O–H groups in total. The molecule has 0 unspecified atom stereocenters. The predicted molar refractivity (Wildman–Crippen MR) is 50.6 cm³/mol. The van der Waals surface area contributed by atoms with Crippen LogP contribution in [0.4, 0.5) is 5.95 Å². The van der Waals surface area contributed by atoms with E-state index in [1.165, 1.54) is 4.68 Å². The number of hydrogen-bond donors (Lipinski definition) is 2. The van der Waals surface area contributed by atoms with Gasteiger partial charge in [0.25, 0.3) is 0 Å². The van der Waals surface area contributed by atoms with E-state index in [4.69, 9.17) is 0 Å². The quantitative estimate of drug-likeness (QED) is 0.643. The van der Waals surface area contributed by atoms with Crippen LogP contribution in [0.15, 0.2) is 0 Å². The first-order chi connectivity index (χ1) is 6.74. The minimum Gasteiger partial charge on any atom is -0.355 e. The average Bonchev–Trinajstić information content (AvgIpc) is 2.58. The van der Waals surface area contributed by atoms with Crippen LogP contribution < -0.4 is 10.6 Å². The van der Waals surface area contributed by atoms with Crippen molar-refractivity contribution in [3.05, 3.63) is 0 Å². The summed E-state index contributed by atoms with van der Waals surface area (Å²) in [5.74, 6) is 0.423. The fourth-order valence-electron chi connectivity index (χ4n) is 0.865. The molecule has 0 aliphatic rings. The predicted octanol–water partition coefficient (Wildman–Crippen LogP) is -0.852. The second-order valence-electron chi connectivity index (χ2n) is 2.83. The number of carbonyl (C=O) groups excluding carboxylic acids is 1. The zero-order valence-electron chi connectivity index (χ0n) is 8.32. The van der Waals surface area contributed by atoms with E-state index in [2.05, 4.69) is 26.2 Å². The number of anilines is 1. The van der Waals surface area contributed by atoms with Gasteiger partial charge in [-0.25, -0.2) is 4.68 Å². The molecular weight excluding hydrogens is 184 g/mol. The number of nitrogens with zero attached hydrogens (tertiary/aromatic N) is 4. The van der Waals surface area contributed by atoms with Crippen LogP contribution in [-0.4, -0.2) is 39.2 Å². The van der Waals surface area contributed by atoms with E-state index in [1.807, 2.05) is 6.92 Å². The Morgan fingerprint density at radius 3 is 2.93 bits per heavy atom. The van der Waals surface area contributed by atoms with Gasteiger partial charge in [-0.3, -0.25) is 4.79 Å². The maximum absolute atomic E-state index is 11.2. The molecule has 1 aromatic rings. The minimum absolute atomic E-state index is 0.0603. The molecule has 7 heteroatoms. The van der Waals surface area contributed by atoms with Gasteiger partial charge in [0.15, 0.2) is 0 Å². The summed E-state index contributed by atoms with van der Waals surface area (Å²) in [6.07, 6.45) is 0.928. The van der Waals surface area contributed by atoms with Crippen LogP contribution in [0.25, 0.3) is 0 Å². The first-order valence-electron chi connectivity index (χ1n) is 4.47. The van der Waals surface area contributed by atoms with Crippen molar-refractivity contribution in [2.45, 2.75) is 13.3 Å². The van der Waals surface area contributed by atoms with Gasteiger partial charge in [0, 0.05) is 13.6 Å². The summed E-state index contributed by atoms with van der Waals surface area (Å²) in [6, 6.07) is 0. The normalized spacial score (nSPS) is 9.86. The second-order valence-corrected chi connectivity index (χ2v) is 2.83. The maximum Gasteiger partial charge on any atom is 0.243 e. The van der Waals surface area contributed by atoms with Gasteiger partial charge in [-0.15, -0.1) is 0 Å². The second kappa shape index (κ2) is 5.15. The third-order valence-electron chi connectivity index (χ3n) is 1.60. The molecule has 1 amide bonds. The number of nitrogens with one attached hydrogen (secondary N) is 2. The summed E-state index contributed by atoms with van der Waals surface area (Å²) in [4.78, 5) is 11.2. The van der Waals surface area contributed by atoms with Crippen LogP contribution in [0.5, 0.6) is 0 Å². The fourth-order valence-corrected chi connectivity index (χ4v) is 0.865. The highest BCUT2D eigenvalue weighted by Crippen LogP contribution is 1.93. The van der Waals surface area contributed by atoms with Gasteiger partial charge in [-0.2, -0.15) is 0 Å². The van der Waals surface area contributed by atoms with Crippen molar-refractivity contribution in [1.82, 2.24) is 25.5 Å². The summed E-state index contributed by atoms with van der Waals surface area (Å²) in [6.45, 7) is 2.88. The van der Waals surface area contributed by atoms with Gasteiger partial charge in [-0.1, -0.05) is 12.0 Å². The van der Waals surface area contributed by atoms with Crippen LogP contribution in [0, 0.1) is 0 Å². The summed E-state index contributed by atoms with van der Waals surface area (Å²) in [5, 5.41) is 16.3. The third kappa shape index (κ3) is 3.00. The molecule has 0 fully saturated rings. The van der Waals surface area contributed by atoms with E-state index >= 15 is 0 Å². The van der Waals surface area contributed by atoms with Crippen LogP contribution in [0.2, 0.25) is 0 Å². The standard InChI is InChI=1S/C7H14N6O/c1-3-4-8-6(14)5-9-7-10-11-12-13(7)2/h3-5H2,1-2H3,(H,8,14)(H,9,10,12). The molecule has 0 atom stereocenters. The smallest absolute Gasteiger partial charge is 0.243 e. The van der Waals surface area contributed by atoms with Gasteiger partial charge in [0.1, 0.15) is 0 Å². The summed E-state index contributed by atoms with van der Waals surface area (Å²) in [5.41, 5.74) is 0. The van der Waals surface area contributed by atoms with Crippen LogP contribution in [-0.2, 0) is 11.8 Å². The minimum atomic E-state index is -0.0603. The highest BCUT2D eigenvalue weighted by Gasteiger charge is 2.03. The van der Waals surface area contributed by atoms with Crippen molar-refractivity contribution in [3.8, 4) is 0 Å². The van der Waals surface area contributed by atoms with Gasteiger partial charge in [0.05, 0.1) is 6.54 Å². The van der Waals surface area contributed by atoms with E-state index < -0.39 is 0 Å².